The Kier molecular flexibility index (Phi) is 4.09. The lowest BCUT2D eigenvalue weighted by Gasteiger charge is -2.06. The van der Waals surface area contributed by atoms with Crippen LogP contribution in [0, 0.1) is 32.8 Å². The van der Waals surface area contributed by atoms with Crippen molar-refractivity contribution < 1.29 is 4.92 Å². The number of benzene rings is 2. The lowest BCUT2D eigenvalue weighted by atomic mass is 9.98. The Labute approximate surface area is 121 Å². The predicted octanol–water partition coefficient (Wildman–Crippen LogP) is 3.69. The summed E-state index contributed by atoms with van der Waals surface area (Å²) in [5.74, 6) is 0. The van der Waals surface area contributed by atoms with Gasteiger partial charge in [0.05, 0.1) is 4.92 Å². The summed E-state index contributed by atoms with van der Waals surface area (Å²) in [6.45, 7) is 0. The van der Waals surface area contributed by atoms with Gasteiger partial charge in [-0.25, -0.2) is 0 Å². The van der Waals surface area contributed by atoms with Gasteiger partial charge in [0.25, 0.3) is 5.69 Å². The SMILES string of the molecule is N#CC(C#N)=Cc1ccccc1-c1cccc([N+](=O)[O-])c1. The first-order valence-corrected chi connectivity index (χ1v) is 6.01. The Balaban J connectivity index is 2.59. The summed E-state index contributed by atoms with van der Waals surface area (Å²) in [6.07, 6.45) is 1.47. The molecule has 0 unspecified atom stereocenters. The molecule has 2 rings (SSSR count). The highest BCUT2D eigenvalue weighted by Crippen LogP contribution is 2.28. The molecule has 100 valence electrons. The third-order valence-corrected chi connectivity index (χ3v) is 2.87. The van der Waals surface area contributed by atoms with Crippen molar-refractivity contribution in [1.29, 1.82) is 10.5 Å². The quantitative estimate of drug-likeness (QED) is 0.485. The van der Waals surface area contributed by atoms with Crippen LogP contribution in [0.2, 0.25) is 0 Å². The van der Waals surface area contributed by atoms with Gasteiger partial charge >= 0.3 is 0 Å². The third kappa shape index (κ3) is 3.12. The molecule has 0 aliphatic carbocycles. The van der Waals surface area contributed by atoms with Gasteiger partial charge in [0.1, 0.15) is 17.7 Å². The summed E-state index contributed by atoms with van der Waals surface area (Å²) in [6, 6.07) is 16.9. The standard InChI is InChI=1S/C16H9N3O2/c17-10-12(11-18)8-13-4-1-2-7-16(13)14-5-3-6-15(9-14)19(20)21/h1-9H. The highest BCUT2D eigenvalue weighted by atomic mass is 16.6. The summed E-state index contributed by atoms with van der Waals surface area (Å²) in [5, 5.41) is 28.5. The smallest absolute Gasteiger partial charge is 0.258 e. The Bertz CT molecular complexity index is 795. The molecule has 0 heterocycles. The number of non-ortho nitro benzene ring substituents is 1. The molecule has 0 aliphatic heterocycles. The fourth-order valence-electron chi connectivity index (χ4n) is 1.92. The molecule has 2 aromatic carbocycles. The molecule has 0 spiro atoms. The van der Waals surface area contributed by atoms with E-state index in [1.54, 1.807) is 48.5 Å². The zero-order valence-corrected chi connectivity index (χ0v) is 10.9. The molecule has 0 aromatic heterocycles. The summed E-state index contributed by atoms with van der Waals surface area (Å²) >= 11 is 0. The van der Waals surface area contributed by atoms with Crippen LogP contribution in [-0.4, -0.2) is 4.92 Å². The average Bonchev–Trinajstić information content (AvgIpc) is 2.53. The Morgan fingerprint density at radius 3 is 2.48 bits per heavy atom. The van der Waals surface area contributed by atoms with E-state index in [0.29, 0.717) is 11.1 Å². The van der Waals surface area contributed by atoms with Gasteiger partial charge in [-0.1, -0.05) is 36.4 Å². The summed E-state index contributed by atoms with van der Waals surface area (Å²) in [7, 11) is 0. The van der Waals surface area contributed by atoms with Gasteiger partial charge in [-0.15, -0.1) is 0 Å². The Hall–Kier alpha value is -3.44. The normalized spacial score (nSPS) is 9.24. The maximum absolute atomic E-state index is 10.8. The molecule has 0 saturated heterocycles. The minimum atomic E-state index is -0.460. The van der Waals surface area contributed by atoms with E-state index in [1.807, 2.05) is 0 Å². The van der Waals surface area contributed by atoms with E-state index in [4.69, 9.17) is 10.5 Å². The van der Waals surface area contributed by atoms with E-state index < -0.39 is 4.92 Å². The largest absolute Gasteiger partial charge is 0.270 e. The van der Waals surface area contributed by atoms with Gasteiger partial charge in [-0.05, 0) is 22.8 Å². The van der Waals surface area contributed by atoms with Crippen molar-refractivity contribution in [2.45, 2.75) is 0 Å². The molecule has 0 fully saturated rings. The molecule has 0 saturated carbocycles. The second-order valence-electron chi connectivity index (χ2n) is 4.18. The van der Waals surface area contributed by atoms with Crippen LogP contribution in [0.15, 0.2) is 54.1 Å². The van der Waals surface area contributed by atoms with Gasteiger partial charge in [-0.2, -0.15) is 10.5 Å². The molecule has 0 amide bonds. The van der Waals surface area contributed by atoms with Gasteiger partial charge in [0.2, 0.25) is 0 Å². The molecule has 21 heavy (non-hydrogen) atoms. The molecule has 0 bridgehead atoms. The van der Waals surface area contributed by atoms with Crippen molar-refractivity contribution in [3.8, 4) is 23.3 Å². The van der Waals surface area contributed by atoms with Crippen LogP contribution < -0.4 is 0 Å². The first-order chi connectivity index (χ1) is 10.2. The topological polar surface area (TPSA) is 90.7 Å². The molecule has 0 radical (unpaired) electrons. The minimum absolute atomic E-state index is 0.00734. The molecule has 5 heteroatoms. The maximum atomic E-state index is 10.8. The van der Waals surface area contributed by atoms with Gasteiger partial charge < -0.3 is 0 Å². The Morgan fingerprint density at radius 1 is 1.10 bits per heavy atom. The highest BCUT2D eigenvalue weighted by molar-refractivity contribution is 5.78. The van der Waals surface area contributed by atoms with Gasteiger partial charge in [-0.3, -0.25) is 10.1 Å². The van der Waals surface area contributed by atoms with Crippen molar-refractivity contribution in [2.75, 3.05) is 0 Å². The summed E-state index contributed by atoms with van der Waals surface area (Å²) < 4.78 is 0. The zero-order valence-electron chi connectivity index (χ0n) is 10.9. The van der Waals surface area contributed by atoms with E-state index in [1.165, 1.54) is 18.2 Å². The van der Waals surface area contributed by atoms with E-state index in [0.717, 1.165) is 5.56 Å². The number of hydrogen-bond acceptors (Lipinski definition) is 4. The number of nitriles is 2. The minimum Gasteiger partial charge on any atom is -0.258 e. The second-order valence-corrected chi connectivity index (χ2v) is 4.18. The predicted molar refractivity (Wildman–Crippen MR) is 77.7 cm³/mol. The van der Waals surface area contributed by atoms with E-state index in [2.05, 4.69) is 0 Å². The number of nitro groups is 1. The van der Waals surface area contributed by atoms with E-state index in [-0.39, 0.29) is 11.3 Å². The first kappa shape index (κ1) is 14.0. The number of allylic oxidation sites excluding steroid dienone is 1. The molecular weight excluding hydrogens is 266 g/mol. The van der Waals surface area contributed by atoms with Crippen LogP contribution in [0.1, 0.15) is 5.56 Å². The summed E-state index contributed by atoms with van der Waals surface area (Å²) in [4.78, 5) is 10.4. The second kappa shape index (κ2) is 6.14. The molecule has 5 nitrogen and oxygen atoms in total. The maximum Gasteiger partial charge on any atom is 0.270 e. The highest BCUT2D eigenvalue weighted by Gasteiger charge is 2.09. The van der Waals surface area contributed by atoms with Gasteiger partial charge in [0, 0.05) is 12.1 Å². The zero-order chi connectivity index (χ0) is 15.2. The van der Waals surface area contributed by atoms with Crippen molar-refractivity contribution >= 4 is 11.8 Å². The first-order valence-electron chi connectivity index (χ1n) is 6.01. The van der Waals surface area contributed by atoms with Crippen LogP contribution >= 0.6 is 0 Å². The van der Waals surface area contributed by atoms with Crippen LogP contribution in [0.25, 0.3) is 17.2 Å². The van der Waals surface area contributed by atoms with Crippen LogP contribution in [0.5, 0.6) is 0 Å². The van der Waals surface area contributed by atoms with Crippen molar-refractivity contribution in [3.63, 3.8) is 0 Å². The van der Waals surface area contributed by atoms with Gasteiger partial charge in [0.15, 0.2) is 0 Å². The molecule has 0 atom stereocenters. The third-order valence-electron chi connectivity index (χ3n) is 2.87. The van der Waals surface area contributed by atoms with Crippen molar-refractivity contribution in [3.05, 3.63) is 69.8 Å². The van der Waals surface area contributed by atoms with Crippen LogP contribution in [0.4, 0.5) is 5.69 Å². The van der Waals surface area contributed by atoms with Crippen LogP contribution in [-0.2, 0) is 0 Å². The number of hydrogen-bond donors (Lipinski definition) is 0. The molecule has 0 N–H and O–H groups in total. The lowest BCUT2D eigenvalue weighted by Crippen LogP contribution is -1.89. The Morgan fingerprint density at radius 2 is 1.81 bits per heavy atom. The number of nitro benzene ring substituents is 1. The fourth-order valence-corrected chi connectivity index (χ4v) is 1.92. The molecule has 0 aliphatic rings. The van der Waals surface area contributed by atoms with E-state index in [9.17, 15) is 10.1 Å². The number of rotatable bonds is 3. The molecule has 2 aromatic rings. The summed E-state index contributed by atoms with van der Waals surface area (Å²) in [5.41, 5.74) is 2.02. The fraction of sp³-hybridized carbons (Fsp3) is 0. The van der Waals surface area contributed by atoms with Crippen molar-refractivity contribution in [1.82, 2.24) is 0 Å². The lowest BCUT2D eigenvalue weighted by molar-refractivity contribution is -0.384. The average molecular weight is 275 g/mol. The van der Waals surface area contributed by atoms with Crippen LogP contribution in [0.3, 0.4) is 0 Å². The monoisotopic (exact) mass is 275 g/mol. The van der Waals surface area contributed by atoms with Crippen molar-refractivity contribution in [2.24, 2.45) is 0 Å². The molecular formula is C16H9N3O2. The van der Waals surface area contributed by atoms with E-state index >= 15 is 0 Å². The number of nitrogens with zero attached hydrogens (tertiary/aromatic N) is 3.